The second-order valence-corrected chi connectivity index (χ2v) is 7.80. The van der Waals surface area contributed by atoms with E-state index >= 15 is 0 Å². The lowest BCUT2D eigenvalue weighted by molar-refractivity contribution is -0.119. The lowest BCUT2D eigenvalue weighted by Crippen LogP contribution is -2.34. The minimum atomic E-state index is -2.98. The highest BCUT2D eigenvalue weighted by atomic mass is 32.2. The van der Waals surface area contributed by atoms with E-state index in [4.69, 9.17) is 12.2 Å². The maximum atomic E-state index is 13.0. The number of rotatable bonds is 4. The second kappa shape index (κ2) is 7.09. The Morgan fingerprint density at radius 3 is 2.59 bits per heavy atom. The number of carbonyl (C=O) groups is 1. The van der Waals surface area contributed by atoms with Crippen LogP contribution >= 0.6 is 24.0 Å². The van der Waals surface area contributed by atoms with Crippen LogP contribution in [-0.2, 0) is 4.79 Å². The van der Waals surface area contributed by atoms with E-state index in [0.29, 0.717) is 10.9 Å². The van der Waals surface area contributed by atoms with Gasteiger partial charge < -0.3 is 9.64 Å². The van der Waals surface area contributed by atoms with E-state index in [0.717, 1.165) is 11.1 Å². The van der Waals surface area contributed by atoms with Crippen molar-refractivity contribution < 1.29 is 18.3 Å². The molecule has 2 saturated heterocycles. The summed E-state index contributed by atoms with van der Waals surface area (Å²) in [4.78, 5) is 16.2. The molecule has 27 heavy (non-hydrogen) atoms. The summed E-state index contributed by atoms with van der Waals surface area (Å²) in [7, 11) is 0. The van der Waals surface area contributed by atoms with Gasteiger partial charge in [0, 0.05) is 5.75 Å². The van der Waals surface area contributed by atoms with Gasteiger partial charge in [-0.2, -0.15) is 8.78 Å². The molecule has 140 valence electrons. The zero-order chi connectivity index (χ0) is 19.1. The van der Waals surface area contributed by atoms with E-state index in [1.807, 2.05) is 36.1 Å². The Kier molecular flexibility index (Phi) is 4.77. The number of thiocarbonyl (C=S) groups is 1. The molecule has 2 unspecified atom stereocenters. The van der Waals surface area contributed by atoms with Gasteiger partial charge in [0.25, 0.3) is 5.91 Å². The highest BCUT2D eigenvalue weighted by Gasteiger charge is 2.51. The summed E-state index contributed by atoms with van der Waals surface area (Å²) in [6.07, 6.45) is 0. The molecule has 0 aliphatic carbocycles. The standard InChI is InChI=1S/C19H16F2N2O2S2/c1-11-6-8-12(9-7-11)17-23-14(10-27-17)16(24)22(19(23)26)13-4-2-3-5-15(13)25-18(20)21/h2-9,14,17-18H,10H2,1H3. The van der Waals surface area contributed by atoms with Gasteiger partial charge in [-0.3, -0.25) is 9.69 Å². The molecule has 0 N–H and O–H groups in total. The van der Waals surface area contributed by atoms with Gasteiger partial charge >= 0.3 is 6.61 Å². The molecule has 0 spiro atoms. The minimum Gasteiger partial charge on any atom is -0.433 e. The number of thioether (sulfide) groups is 1. The van der Waals surface area contributed by atoms with Crippen LogP contribution in [0.15, 0.2) is 48.5 Å². The highest BCUT2D eigenvalue weighted by molar-refractivity contribution is 7.99. The van der Waals surface area contributed by atoms with Crippen molar-refractivity contribution >= 4 is 40.7 Å². The number of para-hydroxylation sites is 2. The van der Waals surface area contributed by atoms with Crippen molar-refractivity contribution in [2.75, 3.05) is 10.7 Å². The Morgan fingerprint density at radius 1 is 1.19 bits per heavy atom. The topological polar surface area (TPSA) is 32.8 Å². The average molecular weight is 406 g/mol. The zero-order valence-electron chi connectivity index (χ0n) is 14.3. The lowest BCUT2D eigenvalue weighted by Gasteiger charge is -2.26. The van der Waals surface area contributed by atoms with Crippen LogP contribution in [0.3, 0.4) is 0 Å². The number of halogens is 2. The van der Waals surface area contributed by atoms with Crippen molar-refractivity contribution in [3.8, 4) is 5.75 Å². The molecular formula is C19H16F2N2O2S2. The summed E-state index contributed by atoms with van der Waals surface area (Å²) in [5, 5.41) is 0.228. The minimum absolute atomic E-state index is 0.0658. The Balaban J connectivity index is 1.68. The van der Waals surface area contributed by atoms with Gasteiger partial charge in [0.15, 0.2) is 5.11 Å². The van der Waals surface area contributed by atoms with Crippen LogP contribution in [0.4, 0.5) is 14.5 Å². The van der Waals surface area contributed by atoms with Crippen LogP contribution in [0.5, 0.6) is 5.75 Å². The molecule has 0 bridgehead atoms. The largest absolute Gasteiger partial charge is 0.433 e. The SMILES string of the molecule is Cc1ccc(C2SCC3C(=O)N(c4ccccc4OC(F)F)C(=S)N32)cc1. The third-order valence-corrected chi connectivity index (χ3v) is 6.32. The molecule has 2 aliphatic rings. The molecule has 0 radical (unpaired) electrons. The molecule has 0 aromatic heterocycles. The molecule has 8 heteroatoms. The van der Waals surface area contributed by atoms with E-state index in [1.54, 1.807) is 30.0 Å². The monoisotopic (exact) mass is 406 g/mol. The van der Waals surface area contributed by atoms with Crippen LogP contribution < -0.4 is 9.64 Å². The van der Waals surface area contributed by atoms with Gasteiger partial charge in [0.05, 0.1) is 5.69 Å². The quantitative estimate of drug-likeness (QED) is 0.706. The second-order valence-electron chi connectivity index (χ2n) is 6.32. The summed E-state index contributed by atoms with van der Waals surface area (Å²) < 4.78 is 30.1. The number of alkyl halides is 2. The summed E-state index contributed by atoms with van der Waals surface area (Å²) in [6, 6.07) is 13.9. The van der Waals surface area contributed by atoms with Gasteiger partial charge in [0.1, 0.15) is 17.2 Å². The number of hydrogen-bond acceptors (Lipinski definition) is 4. The third kappa shape index (κ3) is 3.17. The number of benzene rings is 2. The van der Waals surface area contributed by atoms with Crippen molar-refractivity contribution in [3.63, 3.8) is 0 Å². The summed E-state index contributed by atoms with van der Waals surface area (Å²) in [6.45, 7) is -0.965. The maximum absolute atomic E-state index is 13.0. The predicted octanol–water partition coefficient (Wildman–Crippen LogP) is 4.34. The number of amides is 1. The molecule has 2 aromatic carbocycles. The maximum Gasteiger partial charge on any atom is 0.387 e. The summed E-state index contributed by atoms with van der Waals surface area (Å²) in [5.41, 5.74) is 2.45. The van der Waals surface area contributed by atoms with Crippen LogP contribution in [-0.4, -0.2) is 34.3 Å². The molecule has 1 amide bonds. The molecule has 2 aliphatic heterocycles. The van der Waals surface area contributed by atoms with Gasteiger partial charge in [-0.15, -0.1) is 11.8 Å². The fourth-order valence-corrected chi connectivity index (χ4v) is 5.25. The first kappa shape index (κ1) is 18.2. The van der Waals surface area contributed by atoms with Gasteiger partial charge in [-0.1, -0.05) is 42.0 Å². The highest BCUT2D eigenvalue weighted by Crippen LogP contribution is 2.47. The average Bonchev–Trinajstić information content (AvgIpc) is 3.17. The number of nitrogens with zero attached hydrogens (tertiary/aromatic N) is 2. The summed E-state index contributed by atoms with van der Waals surface area (Å²) >= 11 is 7.24. The fourth-order valence-electron chi connectivity index (χ4n) is 3.34. The molecule has 4 nitrogen and oxygen atoms in total. The first-order chi connectivity index (χ1) is 13.0. The van der Waals surface area contributed by atoms with Gasteiger partial charge in [-0.25, -0.2) is 0 Å². The molecule has 4 rings (SSSR count). The third-order valence-electron chi connectivity index (χ3n) is 4.60. The number of carbonyl (C=O) groups excluding carboxylic acids is 1. The number of ether oxygens (including phenoxy) is 1. The normalized spacial score (nSPS) is 21.9. The van der Waals surface area contributed by atoms with Crippen molar-refractivity contribution in [2.45, 2.75) is 25.0 Å². The van der Waals surface area contributed by atoms with E-state index in [-0.39, 0.29) is 22.7 Å². The lowest BCUT2D eigenvalue weighted by atomic mass is 10.1. The first-order valence-electron chi connectivity index (χ1n) is 8.35. The van der Waals surface area contributed by atoms with Crippen LogP contribution in [0, 0.1) is 6.92 Å². The zero-order valence-corrected chi connectivity index (χ0v) is 16.0. The first-order valence-corrected chi connectivity index (χ1v) is 9.81. The van der Waals surface area contributed by atoms with Gasteiger partial charge in [-0.05, 0) is 36.8 Å². The Morgan fingerprint density at radius 2 is 1.89 bits per heavy atom. The molecular weight excluding hydrogens is 390 g/mol. The van der Waals surface area contributed by atoms with Crippen molar-refractivity contribution in [1.29, 1.82) is 0 Å². The number of anilines is 1. The van der Waals surface area contributed by atoms with Crippen LogP contribution in [0.2, 0.25) is 0 Å². The summed E-state index contributed by atoms with van der Waals surface area (Å²) in [5.74, 6) is 0.308. The predicted molar refractivity (Wildman–Crippen MR) is 105 cm³/mol. The van der Waals surface area contributed by atoms with Gasteiger partial charge in [0.2, 0.25) is 0 Å². The van der Waals surface area contributed by atoms with Crippen LogP contribution in [0.1, 0.15) is 16.5 Å². The molecule has 2 heterocycles. The fraction of sp³-hybridized carbons (Fsp3) is 0.263. The number of aryl methyl sites for hydroxylation is 1. The van der Waals surface area contributed by atoms with E-state index < -0.39 is 12.7 Å². The molecule has 2 fully saturated rings. The molecule has 2 atom stereocenters. The molecule has 0 saturated carbocycles. The van der Waals surface area contributed by atoms with E-state index in [1.165, 1.54) is 11.0 Å². The Labute approximate surface area is 165 Å². The van der Waals surface area contributed by atoms with Crippen LogP contribution in [0.25, 0.3) is 0 Å². The number of hydrogen-bond donors (Lipinski definition) is 0. The van der Waals surface area contributed by atoms with Crippen molar-refractivity contribution in [1.82, 2.24) is 4.90 Å². The number of fused-ring (bicyclic) bond motifs is 1. The molecule has 2 aromatic rings. The van der Waals surface area contributed by atoms with Crippen molar-refractivity contribution in [2.24, 2.45) is 0 Å². The Bertz CT molecular complexity index is 892. The van der Waals surface area contributed by atoms with Crippen molar-refractivity contribution in [3.05, 3.63) is 59.7 Å². The van der Waals surface area contributed by atoms with E-state index in [2.05, 4.69) is 4.74 Å². The van der Waals surface area contributed by atoms with E-state index in [9.17, 15) is 13.6 Å². The Hall–Kier alpha value is -2.19. The smallest absolute Gasteiger partial charge is 0.387 e.